The summed E-state index contributed by atoms with van der Waals surface area (Å²) in [5.74, 6) is -1.61. The monoisotopic (exact) mass is 213 g/mol. The van der Waals surface area contributed by atoms with Gasteiger partial charge >= 0.3 is 5.97 Å². The lowest BCUT2D eigenvalue weighted by Gasteiger charge is -2.08. The molecule has 1 aromatic rings. The van der Waals surface area contributed by atoms with Gasteiger partial charge in [0.15, 0.2) is 0 Å². The lowest BCUT2D eigenvalue weighted by atomic mass is 10.1. The Labute approximate surface area is 82.8 Å². The molecule has 0 radical (unpaired) electrons. The number of anilines is 1. The Morgan fingerprint density at radius 2 is 2.27 bits per heavy atom. The predicted molar refractivity (Wildman–Crippen MR) is 45.3 cm³/mol. The van der Waals surface area contributed by atoms with Crippen LogP contribution in [0.3, 0.4) is 0 Å². The zero-order valence-corrected chi connectivity index (χ0v) is 7.24. The van der Waals surface area contributed by atoms with Crippen LogP contribution in [0.2, 0.25) is 0 Å². The van der Waals surface area contributed by atoms with Gasteiger partial charge in [-0.15, -0.1) is 0 Å². The third-order valence-corrected chi connectivity index (χ3v) is 1.68. The smallest absolute Gasteiger partial charge is 0.338 e. The molecule has 0 amide bonds. The minimum Gasteiger partial charge on any atom is -0.478 e. The fourth-order valence-electron chi connectivity index (χ4n) is 1.08. The number of carboxylic acid groups (broad SMARTS) is 1. The standard InChI is InChI=1S/C8H5F2N3O2/c9-7(10)6-4(1-11)13-2-3(12)5(6)8(14)15/h2,7H,12H2,(H,14,15). The molecule has 1 aromatic heterocycles. The number of nitrogens with zero attached hydrogens (tertiary/aromatic N) is 2. The van der Waals surface area contributed by atoms with Gasteiger partial charge in [-0.05, 0) is 0 Å². The van der Waals surface area contributed by atoms with Crippen LogP contribution in [0.1, 0.15) is 28.0 Å². The number of aromatic carboxylic acids is 1. The van der Waals surface area contributed by atoms with Crippen molar-refractivity contribution in [2.45, 2.75) is 6.43 Å². The van der Waals surface area contributed by atoms with Gasteiger partial charge in [0.1, 0.15) is 11.8 Å². The Kier molecular flexibility index (Phi) is 2.80. The van der Waals surface area contributed by atoms with E-state index in [0.29, 0.717) is 0 Å². The lowest BCUT2D eigenvalue weighted by molar-refractivity contribution is 0.0685. The summed E-state index contributed by atoms with van der Waals surface area (Å²) in [5, 5.41) is 17.1. The molecule has 1 rings (SSSR count). The summed E-state index contributed by atoms with van der Waals surface area (Å²) in [7, 11) is 0. The fraction of sp³-hybridized carbons (Fsp3) is 0.125. The molecule has 0 fully saturated rings. The van der Waals surface area contributed by atoms with Crippen molar-refractivity contribution in [2.75, 3.05) is 5.73 Å². The molecule has 0 unspecified atom stereocenters. The molecule has 1 heterocycles. The van der Waals surface area contributed by atoms with Gasteiger partial charge in [0.25, 0.3) is 6.43 Å². The molecular weight excluding hydrogens is 208 g/mol. The minimum atomic E-state index is -3.11. The van der Waals surface area contributed by atoms with Gasteiger partial charge < -0.3 is 10.8 Å². The molecule has 0 bridgehead atoms. The SMILES string of the molecule is N#Cc1ncc(N)c(C(=O)O)c1C(F)F. The molecule has 78 valence electrons. The van der Waals surface area contributed by atoms with E-state index in [1.807, 2.05) is 0 Å². The molecule has 0 saturated heterocycles. The number of carbonyl (C=O) groups is 1. The van der Waals surface area contributed by atoms with Crippen molar-refractivity contribution in [1.29, 1.82) is 5.26 Å². The highest BCUT2D eigenvalue weighted by atomic mass is 19.3. The van der Waals surface area contributed by atoms with Crippen LogP contribution in [0.4, 0.5) is 14.5 Å². The minimum absolute atomic E-state index is 0.392. The third-order valence-electron chi connectivity index (χ3n) is 1.68. The quantitative estimate of drug-likeness (QED) is 0.767. The molecule has 0 saturated carbocycles. The fourth-order valence-corrected chi connectivity index (χ4v) is 1.08. The topological polar surface area (TPSA) is 100 Å². The molecule has 0 aromatic carbocycles. The van der Waals surface area contributed by atoms with E-state index < -0.39 is 34.9 Å². The second kappa shape index (κ2) is 3.88. The van der Waals surface area contributed by atoms with Crippen LogP contribution in [-0.2, 0) is 0 Å². The van der Waals surface area contributed by atoms with E-state index >= 15 is 0 Å². The molecular formula is C8H5F2N3O2. The second-order valence-electron chi connectivity index (χ2n) is 2.57. The summed E-state index contributed by atoms with van der Waals surface area (Å²) < 4.78 is 25.0. The molecule has 3 N–H and O–H groups in total. The Hall–Kier alpha value is -2.23. The van der Waals surface area contributed by atoms with Crippen molar-refractivity contribution in [2.24, 2.45) is 0 Å². The van der Waals surface area contributed by atoms with Crippen LogP contribution in [0.15, 0.2) is 6.20 Å². The van der Waals surface area contributed by atoms with Gasteiger partial charge in [-0.2, -0.15) is 5.26 Å². The van der Waals surface area contributed by atoms with Crippen molar-refractivity contribution in [3.05, 3.63) is 23.0 Å². The van der Waals surface area contributed by atoms with Gasteiger partial charge in [-0.3, -0.25) is 0 Å². The van der Waals surface area contributed by atoms with Crippen LogP contribution in [0.25, 0.3) is 0 Å². The first-order chi connectivity index (χ1) is 6.99. The zero-order valence-electron chi connectivity index (χ0n) is 7.24. The summed E-state index contributed by atoms with van der Waals surface area (Å²) in [5.41, 5.74) is 2.47. The lowest BCUT2D eigenvalue weighted by Crippen LogP contribution is -2.10. The van der Waals surface area contributed by atoms with Crippen molar-refractivity contribution in [1.82, 2.24) is 4.98 Å². The number of alkyl halides is 2. The van der Waals surface area contributed by atoms with E-state index in [0.717, 1.165) is 6.20 Å². The predicted octanol–water partition coefficient (Wildman–Crippen LogP) is 1.17. The molecule has 0 spiro atoms. The Morgan fingerprint density at radius 1 is 1.67 bits per heavy atom. The number of hydrogen-bond donors (Lipinski definition) is 2. The van der Waals surface area contributed by atoms with E-state index in [2.05, 4.69) is 4.98 Å². The van der Waals surface area contributed by atoms with Gasteiger partial charge in [0, 0.05) is 0 Å². The van der Waals surface area contributed by atoms with E-state index in [9.17, 15) is 13.6 Å². The molecule has 0 aliphatic carbocycles. The third kappa shape index (κ3) is 1.83. The first-order valence-corrected chi connectivity index (χ1v) is 3.69. The number of halogens is 2. The van der Waals surface area contributed by atoms with E-state index in [1.54, 1.807) is 0 Å². The zero-order chi connectivity index (χ0) is 11.6. The van der Waals surface area contributed by atoms with Crippen LogP contribution < -0.4 is 5.73 Å². The molecule has 7 heteroatoms. The van der Waals surface area contributed by atoms with Gasteiger partial charge in [-0.1, -0.05) is 0 Å². The van der Waals surface area contributed by atoms with Crippen LogP contribution in [0.5, 0.6) is 0 Å². The number of nitriles is 1. The highest BCUT2D eigenvalue weighted by molar-refractivity contribution is 5.95. The summed E-state index contributed by atoms with van der Waals surface area (Å²) in [6.07, 6.45) is -2.24. The Balaban J connectivity index is 3.60. The largest absolute Gasteiger partial charge is 0.478 e. The molecule has 0 aliphatic rings. The maximum Gasteiger partial charge on any atom is 0.338 e. The van der Waals surface area contributed by atoms with Gasteiger partial charge in [0.05, 0.1) is 23.0 Å². The number of aromatic nitrogens is 1. The molecule has 0 aliphatic heterocycles. The number of hydrogen-bond acceptors (Lipinski definition) is 4. The summed E-state index contributed by atoms with van der Waals surface area (Å²) in [6.45, 7) is 0. The van der Waals surface area contributed by atoms with E-state index in [1.165, 1.54) is 6.07 Å². The summed E-state index contributed by atoms with van der Waals surface area (Å²) in [4.78, 5) is 14.0. The average Bonchev–Trinajstić information content (AvgIpc) is 2.16. The summed E-state index contributed by atoms with van der Waals surface area (Å²) >= 11 is 0. The van der Waals surface area contributed by atoms with Gasteiger partial charge in [-0.25, -0.2) is 18.6 Å². The van der Waals surface area contributed by atoms with Crippen molar-refractivity contribution < 1.29 is 18.7 Å². The Morgan fingerprint density at radius 3 is 2.67 bits per heavy atom. The molecule has 5 nitrogen and oxygen atoms in total. The number of carboxylic acids is 1. The number of nitrogen functional groups attached to an aromatic ring is 1. The van der Waals surface area contributed by atoms with Gasteiger partial charge in [0.2, 0.25) is 0 Å². The van der Waals surface area contributed by atoms with Crippen LogP contribution >= 0.6 is 0 Å². The molecule has 0 atom stereocenters. The number of nitrogens with two attached hydrogens (primary N) is 1. The highest BCUT2D eigenvalue weighted by Gasteiger charge is 2.25. The maximum absolute atomic E-state index is 12.5. The number of rotatable bonds is 2. The first-order valence-electron chi connectivity index (χ1n) is 3.69. The first kappa shape index (κ1) is 10.8. The van der Waals surface area contributed by atoms with Crippen molar-refractivity contribution >= 4 is 11.7 Å². The van der Waals surface area contributed by atoms with Crippen molar-refractivity contribution in [3.8, 4) is 6.07 Å². The second-order valence-corrected chi connectivity index (χ2v) is 2.57. The number of pyridine rings is 1. The van der Waals surface area contributed by atoms with Crippen LogP contribution in [-0.4, -0.2) is 16.1 Å². The Bertz CT molecular complexity index is 454. The summed E-state index contributed by atoms with van der Waals surface area (Å²) in [6, 6.07) is 1.39. The average molecular weight is 213 g/mol. The van der Waals surface area contributed by atoms with Crippen LogP contribution in [0, 0.1) is 11.3 Å². The normalized spacial score (nSPS) is 10.0. The highest BCUT2D eigenvalue weighted by Crippen LogP contribution is 2.28. The molecule has 15 heavy (non-hydrogen) atoms. The maximum atomic E-state index is 12.5. The van der Waals surface area contributed by atoms with E-state index in [4.69, 9.17) is 16.1 Å². The van der Waals surface area contributed by atoms with Crippen molar-refractivity contribution in [3.63, 3.8) is 0 Å². The van der Waals surface area contributed by atoms with E-state index in [-0.39, 0.29) is 0 Å².